The standard InChI is InChI=1S/C20H23N5O2/c1-26-18-16(3-2-7-22-18)14-4-8-21-17(11-14)24-19-23-12-20(27-19)13-25-9-5-15(20)6-10-25/h2-4,7-8,11,15H,5-6,9-10,12-13H2,1H3,(H,21,23,24). The number of nitrogens with zero attached hydrogens (tertiary/aromatic N) is 4. The van der Waals surface area contributed by atoms with Gasteiger partial charge in [0.15, 0.2) is 0 Å². The van der Waals surface area contributed by atoms with Crippen molar-refractivity contribution in [3.05, 3.63) is 36.7 Å². The van der Waals surface area contributed by atoms with Crippen LogP contribution < -0.4 is 10.1 Å². The van der Waals surface area contributed by atoms with Crippen LogP contribution in [0.5, 0.6) is 5.88 Å². The predicted molar refractivity (Wildman–Crippen MR) is 103 cm³/mol. The van der Waals surface area contributed by atoms with Crippen molar-refractivity contribution >= 4 is 11.8 Å². The molecule has 2 bridgehead atoms. The van der Waals surface area contributed by atoms with E-state index in [0.29, 0.717) is 23.6 Å². The van der Waals surface area contributed by atoms with Crippen molar-refractivity contribution in [3.63, 3.8) is 0 Å². The third-order valence-corrected chi connectivity index (χ3v) is 5.88. The quantitative estimate of drug-likeness (QED) is 0.901. The number of rotatable bonds is 3. The number of hydrogen-bond acceptors (Lipinski definition) is 7. The maximum Gasteiger partial charge on any atom is 0.291 e. The number of piperidine rings is 3. The van der Waals surface area contributed by atoms with Crippen LogP contribution in [-0.2, 0) is 4.74 Å². The topological polar surface area (TPSA) is 71.9 Å². The Labute approximate surface area is 158 Å². The molecule has 6 rings (SSSR count). The van der Waals surface area contributed by atoms with E-state index in [2.05, 4.69) is 25.2 Å². The number of aromatic nitrogens is 2. The first-order chi connectivity index (χ1) is 13.3. The van der Waals surface area contributed by atoms with Gasteiger partial charge in [0.2, 0.25) is 5.88 Å². The summed E-state index contributed by atoms with van der Waals surface area (Å²) in [4.78, 5) is 15.8. The second-order valence-corrected chi connectivity index (χ2v) is 7.45. The van der Waals surface area contributed by atoms with Gasteiger partial charge in [-0.15, -0.1) is 0 Å². The summed E-state index contributed by atoms with van der Waals surface area (Å²) in [5.74, 6) is 1.90. The molecule has 1 N–H and O–H groups in total. The van der Waals surface area contributed by atoms with E-state index in [1.807, 2.05) is 24.3 Å². The number of hydrogen-bond donors (Lipinski definition) is 1. The lowest BCUT2D eigenvalue weighted by atomic mass is 9.75. The van der Waals surface area contributed by atoms with Gasteiger partial charge < -0.3 is 9.47 Å². The zero-order valence-electron chi connectivity index (χ0n) is 15.4. The van der Waals surface area contributed by atoms with E-state index in [1.54, 1.807) is 19.5 Å². The molecule has 0 aliphatic carbocycles. The van der Waals surface area contributed by atoms with Crippen LogP contribution in [0.2, 0.25) is 0 Å². The van der Waals surface area contributed by atoms with E-state index < -0.39 is 0 Å². The number of aliphatic imine (C=N–C) groups is 1. The van der Waals surface area contributed by atoms with Gasteiger partial charge in [-0.3, -0.25) is 10.2 Å². The number of methoxy groups -OCH3 is 1. The third kappa shape index (κ3) is 2.92. The van der Waals surface area contributed by atoms with Crippen LogP contribution in [0, 0.1) is 5.92 Å². The van der Waals surface area contributed by atoms with Crippen LogP contribution >= 0.6 is 0 Å². The first kappa shape index (κ1) is 16.5. The molecule has 3 saturated heterocycles. The van der Waals surface area contributed by atoms with E-state index in [1.165, 1.54) is 25.9 Å². The van der Waals surface area contributed by atoms with Crippen LogP contribution in [0.25, 0.3) is 11.1 Å². The molecule has 7 heteroatoms. The zero-order valence-corrected chi connectivity index (χ0v) is 15.4. The predicted octanol–water partition coefficient (Wildman–Crippen LogP) is 2.41. The third-order valence-electron chi connectivity index (χ3n) is 5.88. The minimum atomic E-state index is -0.150. The normalized spacial score (nSPS) is 28.7. The van der Waals surface area contributed by atoms with E-state index in [-0.39, 0.29) is 5.60 Å². The Hall–Kier alpha value is -2.67. The van der Waals surface area contributed by atoms with Gasteiger partial charge in [-0.05, 0) is 55.8 Å². The molecule has 2 aromatic rings. The first-order valence-corrected chi connectivity index (χ1v) is 9.44. The summed E-state index contributed by atoms with van der Waals surface area (Å²) in [5, 5.41) is 3.26. The van der Waals surface area contributed by atoms with Crippen molar-refractivity contribution in [2.75, 3.05) is 38.6 Å². The van der Waals surface area contributed by atoms with Gasteiger partial charge in [0.05, 0.1) is 13.7 Å². The van der Waals surface area contributed by atoms with Gasteiger partial charge in [-0.25, -0.2) is 15.0 Å². The Kier molecular flexibility index (Phi) is 3.97. The molecule has 0 amide bonds. The summed E-state index contributed by atoms with van der Waals surface area (Å²) >= 11 is 0. The summed E-state index contributed by atoms with van der Waals surface area (Å²) in [6.45, 7) is 4.09. The van der Waals surface area contributed by atoms with E-state index >= 15 is 0 Å². The van der Waals surface area contributed by atoms with E-state index in [4.69, 9.17) is 9.47 Å². The van der Waals surface area contributed by atoms with Gasteiger partial charge in [-0.1, -0.05) is 0 Å². The molecule has 1 atom stereocenters. The fourth-order valence-corrected chi connectivity index (χ4v) is 4.50. The molecule has 3 fully saturated rings. The molecular formula is C20H23N5O2. The number of ether oxygens (including phenoxy) is 2. The molecule has 4 aliphatic rings. The summed E-state index contributed by atoms with van der Waals surface area (Å²) < 4.78 is 11.7. The second kappa shape index (κ2) is 6.49. The fraction of sp³-hybridized carbons (Fsp3) is 0.450. The largest absolute Gasteiger partial charge is 0.481 e. The van der Waals surface area contributed by atoms with Gasteiger partial charge >= 0.3 is 0 Å². The second-order valence-electron chi connectivity index (χ2n) is 7.45. The molecule has 0 aromatic carbocycles. The van der Waals surface area contributed by atoms with Crippen LogP contribution in [0.4, 0.5) is 5.82 Å². The van der Waals surface area contributed by atoms with Crippen molar-refractivity contribution in [1.82, 2.24) is 14.9 Å². The maximum absolute atomic E-state index is 6.34. The minimum Gasteiger partial charge on any atom is -0.481 e. The summed E-state index contributed by atoms with van der Waals surface area (Å²) in [6, 6.07) is 8.36. The Balaban J connectivity index is 1.34. The number of fused-ring (bicyclic) bond motifs is 2. The van der Waals surface area contributed by atoms with Crippen LogP contribution in [0.1, 0.15) is 12.8 Å². The maximum atomic E-state index is 6.34. The van der Waals surface area contributed by atoms with Gasteiger partial charge in [0.1, 0.15) is 11.4 Å². The number of pyridine rings is 2. The van der Waals surface area contributed by atoms with Crippen molar-refractivity contribution in [2.45, 2.75) is 18.4 Å². The Morgan fingerprint density at radius 2 is 2.11 bits per heavy atom. The molecular weight excluding hydrogens is 342 g/mol. The highest BCUT2D eigenvalue weighted by Gasteiger charge is 2.51. The molecule has 0 radical (unpaired) electrons. The van der Waals surface area contributed by atoms with E-state index in [9.17, 15) is 0 Å². The molecule has 4 aliphatic heterocycles. The van der Waals surface area contributed by atoms with Crippen molar-refractivity contribution in [3.8, 4) is 17.0 Å². The summed E-state index contributed by atoms with van der Waals surface area (Å²) in [6.07, 6.45) is 5.90. The molecule has 0 saturated carbocycles. The Morgan fingerprint density at radius 1 is 1.22 bits per heavy atom. The molecule has 2 aromatic heterocycles. The lowest BCUT2D eigenvalue weighted by Gasteiger charge is -2.50. The molecule has 1 spiro atoms. The molecule has 1 unspecified atom stereocenters. The molecule has 27 heavy (non-hydrogen) atoms. The summed E-state index contributed by atoms with van der Waals surface area (Å²) in [5.41, 5.74) is 1.76. The average molecular weight is 365 g/mol. The lowest BCUT2D eigenvalue weighted by molar-refractivity contribution is -0.0829. The highest BCUT2D eigenvalue weighted by atomic mass is 16.5. The zero-order chi connectivity index (χ0) is 18.3. The van der Waals surface area contributed by atoms with Gasteiger partial charge in [-0.2, -0.15) is 0 Å². The van der Waals surface area contributed by atoms with Gasteiger partial charge in [0, 0.05) is 30.4 Å². The molecule has 7 nitrogen and oxygen atoms in total. The summed E-state index contributed by atoms with van der Waals surface area (Å²) in [7, 11) is 1.63. The van der Waals surface area contributed by atoms with Crippen molar-refractivity contribution in [1.29, 1.82) is 0 Å². The number of anilines is 1. The van der Waals surface area contributed by atoms with E-state index in [0.717, 1.165) is 24.2 Å². The number of amidine groups is 1. The lowest BCUT2D eigenvalue weighted by Crippen LogP contribution is -2.61. The Morgan fingerprint density at radius 3 is 2.89 bits per heavy atom. The number of nitrogens with one attached hydrogen (secondary N) is 1. The van der Waals surface area contributed by atoms with Crippen LogP contribution in [0.3, 0.4) is 0 Å². The monoisotopic (exact) mass is 365 g/mol. The Bertz CT molecular complexity index is 878. The fourth-order valence-electron chi connectivity index (χ4n) is 4.50. The first-order valence-electron chi connectivity index (χ1n) is 9.44. The average Bonchev–Trinajstić information content (AvgIpc) is 3.10. The molecule has 140 valence electrons. The van der Waals surface area contributed by atoms with Crippen molar-refractivity contribution in [2.24, 2.45) is 10.9 Å². The highest BCUT2D eigenvalue weighted by Crippen LogP contribution is 2.41. The van der Waals surface area contributed by atoms with Crippen LogP contribution in [0.15, 0.2) is 41.7 Å². The molecule has 6 heterocycles. The van der Waals surface area contributed by atoms with Crippen LogP contribution in [-0.4, -0.2) is 59.8 Å². The highest BCUT2D eigenvalue weighted by molar-refractivity contribution is 5.90. The smallest absolute Gasteiger partial charge is 0.291 e. The van der Waals surface area contributed by atoms with Crippen molar-refractivity contribution < 1.29 is 9.47 Å². The van der Waals surface area contributed by atoms with Gasteiger partial charge in [0.25, 0.3) is 6.02 Å². The minimum absolute atomic E-state index is 0.150. The SMILES string of the molecule is COc1ncccc1-c1ccnc(NC2=NCC3(CN4CCC3CC4)O2)c1.